The SMILES string of the molecule is O=C(N/N=C/c1ccc(Oc2nc(Cl)ncc2F)cc1)c1ccncc1. The summed E-state index contributed by atoms with van der Waals surface area (Å²) in [7, 11) is 0. The predicted molar refractivity (Wildman–Crippen MR) is 92.8 cm³/mol. The highest BCUT2D eigenvalue weighted by atomic mass is 35.5. The fourth-order valence-corrected chi connectivity index (χ4v) is 2.00. The van der Waals surface area contributed by atoms with Gasteiger partial charge in [0, 0.05) is 18.0 Å². The number of ether oxygens (including phenoxy) is 1. The van der Waals surface area contributed by atoms with Crippen molar-refractivity contribution in [1.29, 1.82) is 0 Å². The minimum atomic E-state index is -0.723. The van der Waals surface area contributed by atoms with Gasteiger partial charge in [0.25, 0.3) is 11.8 Å². The van der Waals surface area contributed by atoms with E-state index in [-0.39, 0.29) is 17.1 Å². The lowest BCUT2D eigenvalue weighted by atomic mass is 10.2. The quantitative estimate of drug-likeness (QED) is 0.422. The number of amides is 1. The molecule has 1 amide bonds. The lowest BCUT2D eigenvalue weighted by Gasteiger charge is -2.05. The number of hydrazone groups is 1. The molecule has 130 valence electrons. The molecule has 1 aromatic carbocycles. The van der Waals surface area contributed by atoms with Crippen LogP contribution < -0.4 is 10.2 Å². The van der Waals surface area contributed by atoms with Gasteiger partial charge in [0.15, 0.2) is 0 Å². The molecule has 0 saturated heterocycles. The zero-order chi connectivity index (χ0) is 18.4. The van der Waals surface area contributed by atoms with Gasteiger partial charge in [-0.15, -0.1) is 0 Å². The number of rotatable bonds is 5. The van der Waals surface area contributed by atoms with Crippen molar-refractivity contribution in [2.75, 3.05) is 0 Å². The lowest BCUT2D eigenvalue weighted by Crippen LogP contribution is -2.17. The Balaban J connectivity index is 1.61. The standard InChI is InChI=1S/C17H11ClFN5O2/c18-17-21-10-14(19)16(23-17)26-13-3-1-11(2-4-13)9-22-24-15(25)12-5-7-20-8-6-12/h1-10H,(H,24,25)/b22-9+. The van der Waals surface area contributed by atoms with E-state index in [4.69, 9.17) is 16.3 Å². The van der Waals surface area contributed by atoms with Crippen LogP contribution in [0, 0.1) is 5.82 Å². The van der Waals surface area contributed by atoms with Crippen molar-refractivity contribution >= 4 is 23.7 Å². The zero-order valence-corrected chi connectivity index (χ0v) is 13.9. The van der Waals surface area contributed by atoms with Gasteiger partial charge in [0.2, 0.25) is 11.1 Å². The normalized spacial score (nSPS) is 10.7. The Hall–Kier alpha value is -3.39. The van der Waals surface area contributed by atoms with Crippen molar-refractivity contribution in [3.05, 3.63) is 77.2 Å². The van der Waals surface area contributed by atoms with Gasteiger partial charge in [-0.1, -0.05) is 0 Å². The lowest BCUT2D eigenvalue weighted by molar-refractivity contribution is 0.0955. The van der Waals surface area contributed by atoms with Crippen molar-refractivity contribution < 1.29 is 13.9 Å². The molecule has 0 aliphatic carbocycles. The minimum absolute atomic E-state index is 0.116. The summed E-state index contributed by atoms with van der Waals surface area (Å²) in [5, 5.41) is 3.76. The topological polar surface area (TPSA) is 89.4 Å². The molecule has 1 N–H and O–H groups in total. The molecule has 0 unspecified atom stereocenters. The number of nitrogens with zero attached hydrogens (tertiary/aromatic N) is 4. The largest absolute Gasteiger partial charge is 0.436 e. The number of hydrogen-bond acceptors (Lipinski definition) is 6. The van der Waals surface area contributed by atoms with Gasteiger partial charge in [0.05, 0.1) is 12.4 Å². The average Bonchev–Trinajstić information content (AvgIpc) is 2.67. The number of halogens is 2. The molecule has 26 heavy (non-hydrogen) atoms. The summed E-state index contributed by atoms with van der Waals surface area (Å²) in [5.74, 6) is -0.980. The molecule has 0 atom stereocenters. The fraction of sp³-hybridized carbons (Fsp3) is 0. The molecule has 0 radical (unpaired) electrons. The second-order valence-electron chi connectivity index (χ2n) is 4.90. The number of benzene rings is 1. The number of carbonyl (C=O) groups is 1. The zero-order valence-electron chi connectivity index (χ0n) is 13.1. The summed E-state index contributed by atoms with van der Waals surface area (Å²) >= 11 is 5.61. The molecular formula is C17H11ClFN5O2. The number of nitrogens with one attached hydrogen (secondary N) is 1. The smallest absolute Gasteiger partial charge is 0.271 e. The highest BCUT2D eigenvalue weighted by molar-refractivity contribution is 6.28. The van der Waals surface area contributed by atoms with E-state index in [9.17, 15) is 9.18 Å². The monoisotopic (exact) mass is 371 g/mol. The van der Waals surface area contributed by atoms with Crippen molar-refractivity contribution in [3.63, 3.8) is 0 Å². The van der Waals surface area contributed by atoms with E-state index in [1.807, 2.05) is 0 Å². The van der Waals surface area contributed by atoms with Gasteiger partial charge in [-0.2, -0.15) is 14.5 Å². The maximum absolute atomic E-state index is 13.5. The van der Waals surface area contributed by atoms with Gasteiger partial charge >= 0.3 is 0 Å². The summed E-state index contributed by atoms with van der Waals surface area (Å²) in [6, 6.07) is 9.71. The number of pyridine rings is 1. The fourth-order valence-electron chi connectivity index (χ4n) is 1.87. The molecular weight excluding hydrogens is 361 g/mol. The maximum atomic E-state index is 13.5. The Labute approximate surface area is 152 Å². The summed E-state index contributed by atoms with van der Waals surface area (Å²) < 4.78 is 18.9. The van der Waals surface area contributed by atoms with Crippen LogP contribution in [-0.2, 0) is 0 Å². The molecule has 3 rings (SSSR count). The predicted octanol–water partition coefficient (Wildman–Crippen LogP) is 3.22. The van der Waals surface area contributed by atoms with E-state index >= 15 is 0 Å². The number of hydrogen-bond donors (Lipinski definition) is 1. The summed E-state index contributed by atoms with van der Waals surface area (Å²) in [5.41, 5.74) is 3.56. The average molecular weight is 372 g/mol. The van der Waals surface area contributed by atoms with Crippen LogP contribution >= 0.6 is 11.6 Å². The minimum Gasteiger partial charge on any atom is -0.436 e. The second kappa shape index (κ2) is 8.13. The van der Waals surface area contributed by atoms with Gasteiger partial charge in [-0.3, -0.25) is 9.78 Å². The maximum Gasteiger partial charge on any atom is 0.271 e. The van der Waals surface area contributed by atoms with Crippen LogP contribution in [0.4, 0.5) is 4.39 Å². The third-order valence-corrected chi connectivity index (χ3v) is 3.28. The third kappa shape index (κ3) is 4.58. The second-order valence-corrected chi connectivity index (χ2v) is 5.24. The molecule has 9 heteroatoms. The Morgan fingerprint density at radius 3 is 2.65 bits per heavy atom. The van der Waals surface area contributed by atoms with Crippen molar-refractivity contribution in [3.8, 4) is 11.6 Å². The van der Waals surface area contributed by atoms with E-state index in [0.29, 0.717) is 16.9 Å². The van der Waals surface area contributed by atoms with Gasteiger partial charge in [-0.25, -0.2) is 10.4 Å². The van der Waals surface area contributed by atoms with Crippen LogP contribution in [0.3, 0.4) is 0 Å². The molecule has 0 saturated carbocycles. The number of aromatic nitrogens is 3. The molecule has 2 aromatic heterocycles. The van der Waals surface area contributed by atoms with Crippen LogP contribution in [0.5, 0.6) is 11.6 Å². The highest BCUT2D eigenvalue weighted by Gasteiger charge is 2.08. The van der Waals surface area contributed by atoms with E-state index in [1.54, 1.807) is 36.4 Å². The van der Waals surface area contributed by atoms with Crippen LogP contribution in [0.1, 0.15) is 15.9 Å². The van der Waals surface area contributed by atoms with Crippen molar-refractivity contribution in [2.24, 2.45) is 5.10 Å². The van der Waals surface area contributed by atoms with Crippen LogP contribution in [0.25, 0.3) is 0 Å². The van der Waals surface area contributed by atoms with Crippen molar-refractivity contribution in [1.82, 2.24) is 20.4 Å². The Kier molecular flexibility index (Phi) is 5.45. The van der Waals surface area contributed by atoms with Crippen LogP contribution in [0.15, 0.2) is 60.1 Å². The Bertz CT molecular complexity index is 936. The van der Waals surface area contributed by atoms with E-state index in [0.717, 1.165) is 6.20 Å². The molecule has 7 nitrogen and oxygen atoms in total. The van der Waals surface area contributed by atoms with Gasteiger partial charge in [-0.05, 0) is 53.6 Å². The van der Waals surface area contributed by atoms with Crippen LogP contribution in [0.2, 0.25) is 5.28 Å². The molecule has 3 aromatic rings. The summed E-state index contributed by atoms with van der Waals surface area (Å²) in [4.78, 5) is 22.8. The molecule has 0 fully saturated rings. The first kappa shape index (κ1) is 17.4. The first-order valence-corrected chi connectivity index (χ1v) is 7.69. The molecule has 0 aliphatic heterocycles. The molecule has 0 aliphatic rings. The Morgan fingerprint density at radius 1 is 1.19 bits per heavy atom. The van der Waals surface area contributed by atoms with Crippen molar-refractivity contribution in [2.45, 2.75) is 0 Å². The Morgan fingerprint density at radius 2 is 1.92 bits per heavy atom. The van der Waals surface area contributed by atoms with E-state index in [2.05, 4.69) is 25.5 Å². The molecule has 0 bridgehead atoms. The third-order valence-electron chi connectivity index (χ3n) is 3.10. The summed E-state index contributed by atoms with van der Waals surface area (Å²) in [6.07, 6.45) is 5.43. The van der Waals surface area contributed by atoms with E-state index in [1.165, 1.54) is 18.6 Å². The summed E-state index contributed by atoms with van der Waals surface area (Å²) in [6.45, 7) is 0. The number of carbonyl (C=O) groups excluding carboxylic acids is 1. The first-order valence-electron chi connectivity index (χ1n) is 7.31. The highest BCUT2D eigenvalue weighted by Crippen LogP contribution is 2.22. The van der Waals surface area contributed by atoms with Gasteiger partial charge in [0.1, 0.15) is 5.75 Å². The first-order chi connectivity index (χ1) is 12.6. The van der Waals surface area contributed by atoms with E-state index < -0.39 is 5.82 Å². The molecule has 2 heterocycles. The van der Waals surface area contributed by atoms with Gasteiger partial charge < -0.3 is 4.74 Å². The molecule has 0 spiro atoms. The van der Waals surface area contributed by atoms with Crippen LogP contribution in [-0.4, -0.2) is 27.1 Å².